The number of aromatic nitrogens is 3. The summed E-state index contributed by atoms with van der Waals surface area (Å²) >= 11 is 0. The number of imidazole rings is 1. The third-order valence-electron chi connectivity index (χ3n) is 4.31. The van der Waals surface area contributed by atoms with E-state index in [0.29, 0.717) is 0 Å². The van der Waals surface area contributed by atoms with Crippen molar-refractivity contribution in [1.82, 2.24) is 14.4 Å². The van der Waals surface area contributed by atoms with Crippen molar-refractivity contribution < 1.29 is 0 Å². The van der Waals surface area contributed by atoms with E-state index >= 15 is 0 Å². The van der Waals surface area contributed by atoms with Gasteiger partial charge in [0.25, 0.3) is 0 Å². The second-order valence-electron chi connectivity index (χ2n) is 5.90. The number of nitrogens with one attached hydrogen (secondary N) is 1. The molecule has 1 atom stereocenters. The molecule has 5 heteroatoms. The Bertz CT molecular complexity index is 591. The van der Waals surface area contributed by atoms with E-state index < -0.39 is 0 Å². The molecule has 0 amide bonds. The van der Waals surface area contributed by atoms with Crippen molar-refractivity contribution in [2.75, 3.05) is 29.9 Å². The van der Waals surface area contributed by atoms with E-state index in [1.54, 1.807) is 0 Å². The lowest BCUT2D eigenvalue weighted by molar-refractivity contribution is 0.403. The summed E-state index contributed by atoms with van der Waals surface area (Å²) < 4.78 is 2.08. The van der Waals surface area contributed by atoms with Crippen LogP contribution in [0.4, 0.5) is 11.6 Å². The topological polar surface area (TPSA) is 45.5 Å². The Morgan fingerprint density at radius 1 is 1.38 bits per heavy atom. The Balaban J connectivity index is 1.93. The van der Waals surface area contributed by atoms with Gasteiger partial charge < -0.3 is 14.6 Å². The first-order valence-electron chi connectivity index (χ1n) is 8.14. The minimum absolute atomic E-state index is 0.780. The lowest BCUT2D eigenvalue weighted by Crippen LogP contribution is -2.36. The number of hydrogen-bond acceptors (Lipinski definition) is 4. The summed E-state index contributed by atoms with van der Waals surface area (Å²) in [5, 5.41) is 3.39. The Hall–Kier alpha value is -1.78. The predicted molar refractivity (Wildman–Crippen MR) is 87.0 cm³/mol. The molecule has 1 saturated heterocycles. The summed E-state index contributed by atoms with van der Waals surface area (Å²) in [6.45, 7) is 7.59. The van der Waals surface area contributed by atoms with E-state index in [9.17, 15) is 0 Å². The highest BCUT2D eigenvalue weighted by molar-refractivity contribution is 5.67. The van der Waals surface area contributed by atoms with Gasteiger partial charge >= 0.3 is 0 Å². The molecule has 2 aromatic heterocycles. The number of anilines is 2. The van der Waals surface area contributed by atoms with Crippen LogP contribution in [-0.4, -0.2) is 34.0 Å². The number of piperidine rings is 1. The van der Waals surface area contributed by atoms with Gasteiger partial charge in [-0.2, -0.15) is 0 Å². The Morgan fingerprint density at radius 2 is 2.29 bits per heavy atom. The van der Waals surface area contributed by atoms with Crippen molar-refractivity contribution in [3.05, 3.63) is 18.6 Å². The van der Waals surface area contributed by atoms with Gasteiger partial charge in [-0.05, 0) is 25.2 Å². The van der Waals surface area contributed by atoms with Crippen LogP contribution in [0.3, 0.4) is 0 Å². The molecule has 1 aliphatic heterocycles. The van der Waals surface area contributed by atoms with Crippen LogP contribution in [0.25, 0.3) is 5.65 Å². The highest BCUT2D eigenvalue weighted by Gasteiger charge is 2.22. The SMILES string of the molecule is CCCNc1cn2ccnc2c(N2CCCC(CC)C2)n1. The smallest absolute Gasteiger partial charge is 0.180 e. The van der Waals surface area contributed by atoms with Crippen molar-refractivity contribution in [3.8, 4) is 0 Å². The lowest BCUT2D eigenvalue weighted by atomic mass is 9.96. The van der Waals surface area contributed by atoms with E-state index in [1.165, 1.54) is 19.3 Å². The molecule has 0 aliphatic carbocycles. The summed E-state index contributed by atoms with van der Waals surface area (Å²) in [6, 6.07) is 0. The molecule has 0 bridgehead atoms. The first-order chi connectivity index (χ1) is 10.3. The molecular formula is C16H25N5. The first-order valence-corrected chi connectivity index (χ1v) is 8.14. The van der Waals surface area contributed by atoms with Gasteiger partial charge in [0.2, 0.25) is 0 Å². The second kappa shape index (κ2) is 6.33. The van der Waals surface area contributed by atoms with Crippen LogP contribution in [0.1, 0.15) is 39.5 Å². The van der Waals surface area contributed by atoms with E-state index in [1.807, 2.05) is 18.6 Å². The van der Waals surface area contributed by atoms with E-state index in [-0.39, 0.29) is 0 Å². The highest BCUT2D eigenvalue weighted by atomic mass is 15.2. The molecule has 114 valence electrons. The fourth-order valence-corrected chi connectivity index (χ4v) is 3.06. The van der Waals surface area contributed by atoms with Crippen LogP contribution in [0, 0.1) is 5.92 Å². The Kier molecular flexibility index (Phi) is 4.27. The Morgan fingerprint density at radius 3 is 3.10 bits per heavy atom. The van der Waals surface area contributed by atoms with Gasteiger partial charge in [-0.15, -0.1) is 0 Å². The molecule has 0 saturated carbocycles. The lowest BCUT2D eigenvalue weighted by Gasteiger charge is -2.33. The van der Waals surface area contributed by atoms with Crippen LogP contribution in [0.15, 0.2) is 18.6 Å². The van der Waals surface area contributed by atoms with Gasteiger partial charge in [-0.25, -0.2) is 9.97 Å². The molecule has 3 rings (SSSR count). The van der Waals surface area contributed by atoms with Gasteiger partial charge in [-0.1, -0.05) is 20.3 Å². The zero-order valence-electron chi connectivity index (χ0n) is 13.0. The zero-order chi connectivity index (χ0) is 14.7. The molecule has 0 radical (unpaired) electrons. The standard InChI is InChI=1S/C16H25N5/c1-3-7-17-14-12-21-10-8-18-15(21)16(19-14)20-9-5-6-13(4-2)11-20/h8,10,12-13,17H,3-7,9,11H2,1-2H3. The molecule has 21 heavy (non-hydrogen) atoms. The molecule has 1 N–H and O–H groups in total. The monoisotopic (exact) mass is 287 g/mol. The summed E-state index contributed by atoms with van der Waals surface area (Å²) in [4.78, 5) is 11.7. The number of rotatable bonds is 5. The Labute approximate surface area is 126 Å². The molecular weight excluding hydrogens is 262 g/mol. The molecule has 0 aromatic carbocycles. The van der Waals surface area contributed by atoms with Crippen molar-refractivity contribution in [2.45, 2.75) is 39.5 Å². The van der Waals surface area contributed by atoms with Gasteiger partial charge in [-0.3, -0.25) is 0 Å². The van der Waals surface area contributed by atoms with Crippen molar-refractivity contribution >= 4 is 17.3 Å². The third kappa shape index (κ3) is 2.96. The minimum atomic E-state index is 0.780. The van der Waals surface area contributed by atoms with Crippen molar-refractivity contribution in [2.24, 2.45) is 5.92 Å². The number of fused-ring (bicyclic) bond motifs is 1. The second-order valence-corrected chi connectivity index (χ2v) is 5.90. The summed E-state index contributed by atoms with van der Waals surface area (Å²) in [5.74, 6) is 2.75. The maximum atomic E-state index is 4.83. The van der Waals surface area contributed by atoms with Gasteiger partial charge in [0.15, 0.2) is 11.5 Å². The number of hydrogen-bond donors (Lipinski definition) is 1. The summed E-state index contributed by atoms with van der Waals surface area (Å²) in [5.41, 5.74) is 0.966. The van der Waals surface area contributed by atoms with Crippen molar-refractivity contribution in [3.63, 3.8) is 0 Å². The van der Waals surface area contributed by atoms with E-state index in [2.05, 4.69) is 33.4 Å². The fraction of sp³-hybridized carbons (Fsp3) is 0.625. The minimum Gasteiger partial charge on any atom is -0.369 e. The predicted octanol–water partition coefficient (Wildman–Crippen LogP) is 3.18. The van der Waals surface area contributed by atoms with Crippen LogP contribution in [0.5, 0.6) is 0 Å². The van der Waals surface area contributed by atoms with Crippen LogP contribution in [0.2, 0.25) is 0 Å². The molecule has 5 nitrogen and oxygen atoms in total. The zero-order valence-corrected chi connectivity index (χ0v) is 13.0. The maximum absolute atomic E-state index is 4.83. The third-order valence-corrected chi connectivity index (χ3v) is 4.31. The summed E-state index contributed by atoms with van der Waals surface area (Å²) in [7, 11) is 0. The van der Waals surface area contributed by atoms with Crippen LogP contribution < -0.4 is 10.2 Å². The van der Waals surface area contributed by atoms with Gasteiger partial charge in [0.05, 0.1) is 6.20 Å². The van der Waals surface area contributed by atoms with Crippen LogP contribution >= 0.6 is 0 Å². The van der Waals surface area contributed by atoms with Crippen molar-refractivity contribution in [1.29, 1.82) is 0 Å². The average Bonchev–Trinajstić information content (AvgIpc) is 3.00. The van der Waals surface area contributed by atoms with Gasteiger partial charge in [0, 0.05) is 32.0 Å². The van der Waals surface area contributed by atoms with Gasteiger partial charge in [0.1, 0.15) is 5.82 Å². The fourth-order valence-electron chi connectivity index (χ4n) is 3.06. The highest BCUT2D eigenvalue weighted by Crippen LogP contribution is 2.27. The van der Waals surface area contributed by atoms with Crippen LogP contribution in [-0.2, 0) is 0 Å². The average molecular weight is 287 g/mol. The quantitative estimate of drug-likeness (QED) is 0.917. The molecule has 1 unspecified atom stereocenters. The molecule has 1 fully saturated rings. The summed E-state index contributed by atoms with van der Waals surface area (Å²) in [6.07, 6.45) is 10.8. The molecule has 0 spiro atoms. The number of nitrogens with zero attached hydrogens (tertiary/aromatic N) is 4. The molecule has 2 aromatic rings. The molecule has 3 heterocycles. The van der Waals surface area contributed by atoms with E-state index in [0.717, 1.165) is 49.3 Å². The maximum Gasteiger partial charge on any atom is 0.180 e. The normalized spacial score (nSPS) is 19.1. The largest absolute Gasteiger partial charge is 0.369 e. The first kappa shape index (κ1) is 14.2. The molecule has 1 aliphatic rings. The van der Waals surface area contributed by atoms with E-state index in [4.69, 9.17) is 4.98 Å².